The second-order valence-corrected chi connectivity index (χ2v) is 3.12. The maximum absolute atomic E-state index is 12.2. The normalized spacial score (nSPS) is 17.3. The molecule has 0 amide bonds. The van der Waals surface area contributed by atoms with Gasteiger partial charge in [-0.15, -0.1) is 0 Å². The summed E-state index contributed by atoms with van der Waals surface area (Å²) in [4.78, 5) is 6.89. The number of hydrogen-bond acceptors (Lipinski definition) is 4. The fraction of sp³-hybridized carbons (Fsp3) is 0.500. The largest absolute Gasteiger partial charge is 0.457 e. The van der Waals surface area contributed by atoms with Crippen molar-refractivity contribution in [1.82, 2.24) is 15.3 Å². The molecule has 1 aliphatic heterocycles. The second-order valence-electron chi connectivity index (χ2n) is 3.12. The smallest absolute Gasteiger partial charge is 0.433 e. The highest BCUT2D eigenvalue weighted by atomic mass is 19.4. The molecule has 0 aromatic carbocycles. The van der Waals surface area contributed by atoms with E-state index in [1.54, 1.807) is 0 Å². The van der Waals surface area contributed by atoms with Gasteiger partial charge in [-0.2, -0.15) is 18.2 Å². The van der Waals surface area contributed by atoms with E-state index < -0.39 is 11.9 Å². The number of hydrogen-bond donors (Lipinski definition) is 1. The average molecular weight is 219 g/mol. The molecule has 82 valence electrons. The van der Waals surface area contributed by atoms with Crippen LogP contribution in [0, 0.1) is 0 Å². The molecule has 0 aliphatic carbocycles. The average Bonchev–Trinajstić information content (AvgIpc) is 2.11. The summed E-state index contributed by atoms with van der Waals surface area (Å²) < 4.78 is 41.8. The molecule has 4 nitrogen and oxygen atoms in total. The third-order valence-electron chi connectivity index (χ3n) is 1.94. The topological polar surface area (TPSA) is 47.0 Å². The lowest BCUT2D eigenvalue weighted by Gasteiger charge is -2.26. The summed E-state index contributed by atoms with van der Waals surface area (Å²) in [7, 11) is 0. The first kappa shape index (κ1) is 10.2. The number of alkyl halides is 3. The minimum atomic E-state index is -4.46. The van der Waals surface area contributed by atoms with Gasteiger partial charge in [0.25, 0.3) is 0 Å². The molecular weight excluding hydrogens is 211 g/mol. The van der Waals surface area contributed by atoms with Crippen LogP contribution in [0.2, 0.25) is 0 Å². The first-order valence-corrected chi connectivity index (χ1v) is 4.33. The van der Waals surface area contributed by atoms with Crippen LogP contribution in [0.3, 0.4) is 0 Å². The van der Waals surface area contributed by atoms with Crippen molar-refractivity contribution in [1.29, 1.82) is 0 Å². The third kappa shape index (κ3) is 2.35. The first-order chi connectivity index (χ1) is 7.05. The van der Waals surface area contributed by atoms with Gasteiger partial charge in [-0.25, -0.2) is 4.98 Å². The highest BCUT2D eigenvalue weighted by Gasteiger charge is 2.33. The Hall–Kier alpha value is -1.37. The van der Waals surface area contributed by atoms with Gasteiger partial charge in [-0.1, -0.05) is 0 Å². The summed E-state index contributed by atoms with van der Waals surface area (Å²) in [6.07, 6.45) is -3.55. The fourth-order valence-corrected chi connectivity index (χ4v) is 1.05. The molecule has 1 N–H and O–H groups in total. The molecule has 0 unspecified atom stereocenters. The van der Waals surface area contributed by atoms with Crippen LogP contribution in [0.4, 0.5) is 13.2 Å². The van der Waals surface area contributed by atoms with Crippen molar-refractivity contribution in [3.8, 4) is 6.01 Å². The number of nitrogens with zero attached hydrogens (tertiary/aromatic N) is 2. The van der Waals surface area contributed by atoms with Gasteiger partial charge in [0, 0.05) is 19.3 Å². The fourth-order valence-electron chi connectivity index (χ4n) is 1.05. The lowest BCUT2D eigenvalue weighted by atomic mass is 10.2. The second kappa shape index (κ2) is 3.65. The Morgan fingerprint density at radius 2 is 2.13 bits per heavy atom. The van der Waals surface area contributed by atoms with Crippen LogP contribution in [0.5, 0.6) is 6.01 Å². The lowest BCUT2D eigenvalue weighted by Crippen LogP contribution is -2.50. The molecule has 2 rings (SSSR count). The molecule has 1 saturated heterocycles. The third-order valence-corrected chi connectivity index (χ3v) is 1.94. The van der Waals surface area contributed by atoms with Crippen molar-refractivity contribution < 1.29 is 17.9 Å². The Labute approximate surface area is 83.5 Å². The van der Waals surface area contributed by atoms with Gasteiger partial charge in [0.2, 0.25) is 0 Å². The number of aromatic nitrogens is 2. The van der Waals surface area contributed by atoms with Crippen LogP contribution in [-0.4, -0.2) is 29.2 Å². The Balaban J connectivity index is 2.11. The van der Waals surface area contributed by atoms with E-state index in [1.165, 1.54) is 0 Å². The van der Waals surface area contributed by atoms with Crippen molar-refractivity contribution in [3.63, 3.8) is 0 Å². The molecule has 15 heavy (non-hydrogen) atoms. The predicted molar refractivity (Wildman–Crippen MR) is 44.3 cm³/mol. The van der Waals surface area contributed by atoms with Crippen LogP contribution < -0.4 is 10.1 Å². The quantitative estimate of drug-likeness (QED) is 0.800. The van der Waals surface area contributed by atoms with Crippen LogP contribution >= 0.6 is 0 Å². The Morgan fingerprint density at radius 1 is 1.40 bits per heavy atom. The summed E-state index contributed by atoms with van der Waals surface area (Å²) in [6, 6.07) is 0.586. The molecule has 0 saturated carbocycles. The van der Waals surface area contributed by atoms with Crippen LogP contribution in [-0.2, 0) is 6.18 Å². The predicted octanol–water partition coefficient (Wildman–Crippen LogP) is 0.846. The Bertz CT molecular complexity index is 351. The molecule has 1 aromatic rings. The maximum Gasteiger partial charge on any atom is 0.433 e. The molecule has 2 heterocycles. The summed E-state index contributed by atoms with van der Waals surface area (Å²) in [5.41, 5.74) is -0.986. The number of halogens is 3. The standard InChI is InChI=1S/C8H8F3N3O/c9-8(10,11)6-1-2-13-7(14-6)15-5-3-12-4-5/h1-2,5,12H,3-4H2. The van der Waals surface area contributed by atoms with Crippen molar-refractivity contribution >= 4 is 0 Å². The molecule has 1 aromatic heterocycles. The van der Waals surface area contributed by atoms with Crippen LogP contribution in [0.25, 0.3) is 0 Å². The van der Waals surface area contributed by atoms with Crippen LogP contribution in [0.15, 0.2) is 12.3 Å². The molecule has 1 aliphatic rings. The van der Waals surface area contributed by atoms with Gasteiger partial charge in [0.15, 0.2) is 5.69 Å². The number of nitrogens with one attached hydrogen (secondary N) is 1. The van der Waals surface area contributed by atoms with Gasteiger partial charge in [-0.3, -0.25) is 0 Å². The summed E-state index contributed by atoms with van der Waals surface area (Å²) in [5.74, 6) is 0. The summed E-state index contributed by atoms with van der Waals surface area (Å²) in [6.45, 7) is 1.22. The minimum absolute atomic E-state index is 0.131. The van der Waals surface area contributed by atoms with Gasteiger partial charge in [0.05, 0.1) is 0 Å². The molecule has 0 bridgehead atoms. The van der Waals surface area contributed by atoms with Gasteiger partial charge < -0.3 is 10.1 Å². The first-order valence-electron chi connectivity index (χ1n) is 4.33. The zero-order valence-electron chi connectivity index (χ0n) is 7.58. The number of rotatable bonds is 2. The number of ether oxygens (including phenoxy) is 1. The Morgan fingerprint density at radius 3 is 2.67 bits per heavy atom. The van der Waals surface area contributed by atoms with E-state index >= 15 is 0 Å². The summed E-state index contributed by atoms with van der Waals surface area (Å²) in [5, 5.41) is 2.92. The minimum Gasteiger partial charge on any atom is -0.457 e. The van der Waals surface area contributed by atoms with E-state index in [2.05, 4.69) is 15.3 Å². The van der Waals surface area contributed by atoms with Gasteiger partial charge in [-0.05, 0) is 6.07 Å². The lowest BCUT2D eigenvalue weighted by molar-refractivity contribution is -0.141. The molecule has 0 spiro atoms. The summed E-state index contributed by atoms with van der Waals surface area (Å²) >= 11 is 0. The maximum atomic E-state index is 12.2. The SMILES string of the molecule is FC(F)(F)c1ccnc(OC2CNC2)n1. The molecule has 7 heteroatoms. The van der Waals surface area contributed by atoms with Crippen molar-refractivity contribution in [2.24, 2.45) is 0 Å². The van der Waals surface area contributed by atoms with Gasteiger partial charge >= 0.3 is 12.2 Å². The van der Waals surface area contributed by atoms with E-state index in [1.807, 2.05) is 0 Å². The van der Waals surface area contributed by atoms with Gasteiger partial charge in [0.1, 0.15) is 6.10 Å². The zero-order valence-corrected chi connectivity index (χ0v) is 7.58. The van der Waals surface area contributed by atoms with E-state index in [9.17, 15) is 13.2 Å². The monoisotopic (exact) mass is 219 g/mol. The zero-order chi connectivity index (χ0) is 10.9. The Kier molecular flexibility index (Phi) is 2.47. The van der Waals surface area contributed by atoms with E-state index in [4.69, 9.17) is 4.74 Å². The highest BCUT2D eigenvalue weighted by Crippen LogP contribution is 2.27. The van der Waals surface area contributed by atoms with Crippen molar-refractivity contribution in [2.45, 2.75) is 12.3 Å². The molecule has 1 fully saturated rings. The van der Waals surface area contributed by atoms with E-state index in [0.717, 1.165) is 12.3 Å². The van der Waals surface area contributed by atoms with E-state index in [-0.39, 0.29) is 12.1 Å². The van der Waals surface area contributed by atoms with Crippen molar-refractivity contribution in [2.75, 3.05) is 13.1 Å². The molecular formula is C8H8F3N3O. The molecule has 0 radical (unpaired) electrons. The van der Waals surface area contributed by atoms with E-state index in [0.29, 0.717) is 13.1 Å². The van der Waals surface area contributed by atoms with Crippen molar-refractivity contribution in [3.05, 3.63) is 18.0 Å². The van der Waals surface area contributed by atoms with Crippen LogP contribution in [0.1, 0.15) is 5.69 Å². The molecule has 0 atom stereocenters. The highest BCUT2D eigenvalue weighted by molar-refractivity contribution is 5.09.